The van der Waals surface area contributed by atoms with E-state index in [0.717, 1.165) is 12.8 Å². The van der Waals surface area contributed by atoms with E-state index in [0.29, 0.717) is 28.5 Å². The van der Waals surface area contributed by atoms with Gasteiger partial charge in [0.1, 0.15) is 11.5 Å². The summed E-state index contributed by atoms with van der Waals surface area (Å²) in [5.74, 6) is 0.319. The van der Waals surface area contributed by atoms with Crippen LogP contribution in [0.3, 0.4) is 0 Å². The largest absolute Gasteiger partial charge is 0.497 e. The third kappa shape index (κ3) is 5.24. The average molecular weight is 394 g/mol. The van der Waals surface area contributed by atoms with E-state index >= 15 is 0 Å². The van der Waals surface area contributed by atoms with Gasteiger partial charge in [-0.3, -0.25) is 0 Å². The van der Waals surface area contributed by atoms with Crippen LogP contribution in [0.25, 0.3) is 11.6 Å². The number of carbonyl (C=O) groups is 1. The molecule has 0 atom stereocenters. The summed E-state index contributed by atoms with van der Waals surface area (Å²) in [5, 5.41) is 11.5. The maximum atomic E-state index is 11.7. The van der Waals surface area contributed by atoms with Gasteiger partial charge in [0.05, 0.1) is 19.3 Å². The van der Waals surface area contributed by atoms with E-state index in [1.165, 1.54) is 16.9 Å². The Labute approximate surface area is 168 Å². The van der Waals surface area contributed by atoms with E-state index < -0.39 is 5.97 Å². The van der Waals surface area contributed by atoms with Crippen molar-refractivity contribution < 1.29 is 19.4 Å². The van der Waals surface area contributed by atoms with E-state index in [2.05, 4.69) is 12.1 Å². The fourth-order valence-corrected chi connectivity index (χ4v) is 3.55. The Kier molecular flexibility index (Phi) is 6.87. The van der Waals surface area contributed by atoms with Crippen LogP contribution in [-0.2, 0) is 11.2 Å². The molecule has 1 aromatic heterocycles. The predicted molar refractivity (Wildman–Crippen MR) is 113 cm³/mol. The molecule has 0 spiro atoms. The van der Waals surface area contributed by atoms with Crippen molar-refractivity contribution in [2.75, 3.05) is 13.7 Å². The monoisotopic (exact) mass is 394 g/mol. The van der Waals surface area contributed by atoms with Crippen molar-refractivity contribution in [2.24, 2.45) is 0 Å². The summed E-state index contributed by atoms with van der Waals surface area (Å²) in [5.41, 5.74) is 2.23. The normalized spacial score (nSPS) is 11.2. The molecule has 0 aliphatic carbocycles. The van der Waals surface area contributed by atoms with Gasteiger partial charge in [0.25, 0.3) is 0 Å². The molecule has 0 saturated heterocycles. The molecule has 0 amide bonds. The molecule has 3 rings (SSSR count). The molecule has 0 unspecified atom stereocenters. The summed E-state index contributed by atoms with van der Waals surface area (Å²) in [4.78, 5) is 12.4. The zero-order valence-corrected chi connectivity index (χ0v) is 16.4. The lowest BCUT2D eigenvalue weighted by Crippen LogP contribution is -2.02. The molecule has 4 nitrogen and oxygen atoms in total. The summed E-state index contributed by atoms with van der Waals surface area (Å²) in [6.45, 7) is 0.532. The van der Waals surface area contributed by atoms with Gasteiger partial charge >= 0.3 is 5.97 Å². The van der Waals surface area contributed by atoms with E-state index in [1.54, 1.807) is 31.4 Å². The number of benzene rings is 2. The number of methoxy groups -OCH3 is 1. The minimum absolute atomic E-state index is 0.245. The lowest BCUT2D eigenvalue weighted by molar-refractivity contribution is -0.130. The first kappa shape index (κ1) is 19.7. The van der Waals surface area contributed by atoms with E-state index in [9.17, 15) is 9.90 Å². The smallest absolute Gasteiger partial charge is 0.337 e. The summed E-state index contributed by atoms with van der Waals surface area (Å²) in [6, 6.07) is 19.3. The van der Waals surface area contributed by atoms with Crippen molar-refractivity contribution in [2.45, 2.75) is 12.8 Å². The highest BCUT2D eigenvalue weighted by molar-refractivity contribution is 7.11. The lowest BCUT2D eigenvalue weighted by Gasteiger charge is -2.12. The molecule has 0 saturated carbocycles. The third-order valence-electron chi connectivity index (χ3n) is 4.25. The summed E-state index contributed by atoms with van der Waals surface area (Å²) in [7, 11) is 1.60. The molecule has 0 aliphatic rings. The van der Waals surface area contributed by atoms with Gasteiger partial charge in [-0.25, -0.2) is 4.79 Å². The number of carboxylic acid groups (broad SMARTS) is 1. The SMILES string of the molecule is COc1ccc(/C=C(\C(=O)O)c2cccs2)c(OCCCc2ccccc2)c1. The fraction of sp³-hybridized carbons (Fsp3) is 0.174. The average Bonchev–Trinajstić information content (AvgIpc) is 3.25. The molecule has 2 aromatic carbocycles. The van der Waals surface area contributed by atoms with Crippen LogP contribution in [0.1, 0.15) is 22.4 Å². The molecule has 144 valence electrons. The van der Waals surface area contributed by atoms with Crippen LogP contribution in [0.5, 0.6) is 11.5 Å². The van der Waals surface area contributed by atoms with Gasteiger partial charge in [-0.1, -0.05) is 36.4 Å². The Balaban J connectivity index is 1.77. The van der Waals surface area contributed by atoms with Crippen LogP contribution in [0.4, 0.5) is 0 Å². The van der Waals surface area contributed by atoms with Gasteiger partial charge in [-0.15, -0.1) is 11.3 Å². The Morgan fingerprint density at radius 1 is 1.11 bits per heavy atom. The highest BCUT2D eigenvalue weighted by Gasteiger charge is 2.14. The van der Waals surface area contributed by atoms with Gasteiger partial charge in [0.15, 0.2) is 0 Å². The maximum Gasteiger partial charge on any atom is 0.337 e. The first-order valence-corrected chi connectivity index (χ1v) is 9.89. The zero-order chi connectivity index (χ0) is 19.8. The molecule has 1 N–H and O–H groups in total. The van der Waals surface area contributed by atoms with Crippen LogP contribution in [0, 0.1) is 0 Å². The molecule has 3 aromatic rings. The topological polar surface area (TPSA) is 55.8 Å². The Morgan fingerprint density at radius 3 is 2.61 bits per heavy atom. The Morgan fingerprint density at radius 2 is 1.93 bits per heavy atom. The number of thiophene rings is 1. The predicted octanol–water partition coefficient (Wildman–Crippen LogP) is 5.39. The molecule has 28 heavy (non-hydrogen) atoms. The molecule has 0 radical (unpaired) electrons. The molecule has 1 heterocycles. The number of rotatable bonds is 9. The quantitative estimate of drug-likeness (QED) is 0.390. The number of aliphatic carboxylic acids is 1. The maximum absolute atomic E-state index is 11.7. The molecule has 5 heteroatoms. The van der Waals surface area contributed by atoms with Gasteiger partial charge in [-0.2, -0.15) is 0 Å². The molecule has 0 aliphatic heterocycles. The first-order chi connectivity index (χ1) is 13.7. The van der Waals surface area contributed by atoms with Gasteiger partial charge in [-0.05, 0) is 48.1 Å². The highest BCUT2D eigenvalue weighted by Crippen LogP contribution is 2.30. The van der Waals surface area contributed by atoms with E-state index in [-0.39, 0.29) is 5.57 Å². The van der Waals surface area contributed by atoms with Gasteiger partial charge < -0.3 is 14.6 Å². The van der Waals surface area contributed by atoms with Gasteiger partial charge in [0, 0.05) is 16.5 Å². The highest BCUT2D eigenvalue weighted by atomic mass is 32.1. The summed E-state index contributed by atoms with van der Waals surface area (Å²) in [6.07, 6.45) is 3.44. The third-order valence-corrected chi connectivity index (χ3v) is 5.15. The second-order valence-electron chi connectivity index (χ2n) is 6.18. The van der Waals surface area contributed by atoms with Crippen molar-refractivity contribution in [1.82, 2.24) is 0 Å². The van der Waals surface area contributed by atoms with Crippen LogP contribution >= 0.6 is 11.3 Å². The van der Waals surface area contributed by atoms with E-state index in [1.807, 2.05) is 35.7 Å². The minimum Gasteiger partial charge on any atom is -0.497 e. The summed E-state index contributed by atoms with van der Waals surface area (Å²) >= 11 is 1.40. The van der Waals surface area contributed by atoms with Crippen molar-refractivity contribution in [3.63, 3.8) is 0 Å². The number of aryl methyl sites for hydroxylation is 1. The van der Waals surface area contributed by atoms with Crippen molar-refractivity contribution in [3.05, 3.63) is 82.0 Å². The molecular weight excluding hydrogens is 372 g/mol. The first-order valence-electron chi connectivity index (χ1n) is 9.01. The number of ether oxygens (including phenoxy) is 2. The van der Waals surface area contributed by atoms with Crippen molar-refractivity contribution in [3.8, 4) is 11.5 Å². The standard InChI is InChI=1S/C23H22O4S/c1-26-19-12-11-18(15-20(23(24)25)22-10-6-14-28-22)21(16-19)27-13-5-9-17-7-3-2-4-8-17/h2-4,6-8,10-12,14-16H,5,9,13H2,1H3,(H,24,25)/b20-15-. The number of hydrogen-bond acceptors (Lipinski definition) is 4. The van der Waals surface area contributed by atoms with Crippen molar-refractivity contribution >= 4 is 29.0 Å². The molecule has 0 bridgehead atoms. The van der Waals surface area contributed by atoms with Crippen molar-refractivity contribution in [1.29, 1.82) is 0 Å². The Hall–Kier alpha value is -3.05. The molecular formula is C23H22O4S. The van der Waals surface area contributed by atoms with Crippen LogP contribution < -0.4 is 9.47 Å². The van der Waals surface area contributed by atoms with Crippen LogP contribution in [0.2, 0.25) is 0 Å². The number of carboxylic acids is 1. The second kappa shape index (κ2) is 9.76. The van der Waals surface area contributed by atoms with Crippen LogP contribution in [-0.4, -0.2) is 24.8 Å². The minimum atomic E-state index is -0.965. The second-order valence-corrected chi connectivity index (χ2v) is 7.13. The summed E-state index contributed by atoms with van der Waals surface area (Å²) < 4.78 is 11.3. The van der Waals surface area contributed by atoms with E-state index in [4.69, 9.17) is 9.47 Å². The molecule has 0 fully saturated rings. The van der Waals surface area contributed by atoms with Gasteiger partial charge in [0.2, 0.25) is 0 Å². The lowest BCUT2D eigenvalue weighted by atomic mass is 10.1. The zero-order valence-electron chi connectivity index (χ0n) is 15.6. The number of hydrogen-bond donors (Lipinski definition) is 1. The fourth-order valence-electron chi connectivity index (χ4n) is 2.81. The Bertz CT molecular complexity index is 931. The van der Waals surface area contributed by atoms with Crippen LogP contribution in [0.15, 0.2) is 66.0 Å².